The van der Waals surface area contributed by atoms with Crippen LogP contribution in [-0.2, 0) is 7.05 Å². The average Bonchev–Trinajstić information content (AvgIpc) is 2.75. The van der Waals surface area contributed by atoms with Crippen LogP contribution in [0.1, 0.15) is 10.4 Å². The molecule has 1 amide bonds. The summed E-state index contributed by atoms with van der Waals surface area (Å²) in [5, 5.41) is 6.76. The highest BCUT2D eigenvalue weighted by atomic mass is 79.9. The summed E-state index contributed by atoms with van der Waals surface area (Å²) in [7, 11) is 3.32. The zero-order chi connectivity index (χ0) is 13.1. The number of carbonyl (C=O) groups excluding carboxylic acids is 1. The Labute approximate surface area is 113 Å². The second-order valence-electron chi connectivity index (χ2n) is 3.64. The summed E-state index contributed by atoms with van der Waals surface area (Å²) in [6.07, 6.45) is 1.62. The molecule has 1 heterocycles. The Hall–Kier alpha value is -1.82. The number of nitrogens with zero attached hydrogens (tertiary/aromatic N) is 2. The van der Waals surface area contributed by atoms with Crippen molar-refractivity contribution in [1.29, 1.82) is 0 Å². The lowest BCUT2D eigenvalue weighted by Crippen LogP contribution is -2.15. The second-order valence-corrected chi connectivity index (χ2v) is 4.49. The van der Waals surface area contributed by atoms with E-state index in [9.17, 15) is 4.79 Å². The number of benzene rings is 1. The van der Waals surface area contributed by atoms with Crippen LogP contribution in [0.15, 0.2) is 34.9 Å². The van der Waals surface area contributed by atoms with Crippen LogP contribution >= 0.6 is 15.9 Å². The number of hydrogen-bond donors (Lipinski definition) is 1. The number of halogens is 1. The van der Waals surface area contributed by atoms with Crippen LogP contribution in [0.2, 0.25) is 0 Å². The van der Waals surface area contributed by atoms with Gasteiger partial charge in [-0.15, -0.1) is 0 Å². The van der Waals surface area contributed by atoms with Gasteiger partial charge in [0.2, 0.25) is 0 Å². The van der Waals surface area contributed by atoms with Gasteiger partial charge in [0.15, 0.2) is 0 Å². The normalized spacial score (nSPS) is 10.2. The number of methoxy groups -OCH3 is 1. The number of anilines is 1. The Bertz CT molecular complexity index is 580. The van der Waals surface area contributed by atoms with E-state index in [1.807, 2.05) is 0 Å². The van der Waals surface area contributed by atoms with Gasteiger partial charge in [-0.25, -0.2) is 0 Å². The molecule has 0 spiro atoms. The Morgan fingerprint density at radius 3 is 2.83 bits per heavy atom. The molecule has 0 fully saturated rings. The summed E-state index contributed by atoms with van der Waals surface area (Å²) >= 11 is 3.34. The first-order valence-electron chi connectivity index (χ1n) is 5.24. The van der Waals surface area contributed by atoms with Crippen LogP contribution in [0.5, 0.6) is 5.75 Å². The molecule has 0 aliphatic rings. The van der Waals surface area contributed by atoms with Gasteiger partial charge in [-0.3, -0.25) is 9.48 Å². The third kappa shape index (κ3) is 2.53. The molecule has 1 aromatic carbocycles. The minimum Gasteiger partial charge on any atom is -0.497 e. The molecule has 0 saturated heterocycles. The monoisotopic (exact) mass is 309 g/mol. The predicted molar refractivity (Wildman–Crippen MR) is 71.9 cm³/mol. The van der Waals surface area contributed by atoms with E-state index >= 15 is 0 Å². The van der Waals surface area contributed by atoms with Gasteiger partial charge in [-0.2, -0.15) is 5.10 Å². The first-order chi connectivity index (χ1) is 8.61. The molecule has 0 unspecified atom stereocenters. The predicted octanol–water partition coefficient (Wildman–Crippen LogP) is 2.44. The van der Waals surface area contributed by atoms with Crippen LogP contribution in [0, 0.1) is 0 Å². The molecule has 0 saturated carbocycles. The summed E-state index contributed by atoms with van der Waals surface area (Å²) in [5.41, 5.74) is 0.510. The van der Waals surface area contributed by atoms with E-state index in [0.29, 0.717) is 21.6 Å². The molecule has 2 rings (SSSR count). The lowest BCUT2D eigenvalue weighted by molar-refractivity contribution is 0.102. The maximum absolute atomic E-state index is 12.1. The maximum Gasteiger partial charge on any atom is 0.258 e. The first kappa shape index (κ1) is 12.6. The fourth-order valence-corrected chi connectivity index (χ4v) is 1.91. The van der Waals surface area contributed by atoms with Crippen molar-refractivity contribution >= 4 is 27.7 Å². The van der Waals surface area contributed by atoms with Gasteiger partial charge in [0.25, 0.3) is 5.91 Å². The molecule has 94 valence electrons. The minimum absolute atomic E-state index is 0.218. The SMILES string of the molecule is COc1ccc(Br)c(C(=O)Nc2ccnn2C)c1. The molecular weight excluding hydrogens is 298 g/mol. The number of rotatable bonds is 3. The topological polar surface area (TPSA) is 56.1 Å². The highest BCUT2D eigenvalue weighted by Crippen LogP contribution is 2.23. The zero-order valence-corrected chi connectivity index (χ0v) is 11.6. The van der Waals surface area contributed by atoms with Gasteiger partial charge < -0.3 is 10.1 Å². The zero-order valence-electron chi connectivity index (χ0n) is 9.98. The minimum atomic E-state index is -0.218. The molecule has 2 aromatic rings. The van der Waals surface area contributed by atoms with E-state index in [0.717, 1.165) is 0 Å². The fourth-order valence-electron chi connectivity index (χ4n) is 1.49. The third-order valence-electron chi connectivity index (χ3n) is 2.48. The van der Waals surface area contributed by atoms with E-state index < -0.39 is 0 Å². The van der Waals surface area contributed by atoms with Gasteiger partial charge in [0.05, 0.1) is 18.9 Å². The summed E-state index contributed by atoms with van der Waals surface area (Å²) in [4.78, 5) is 12.1. The number of aromatic nitrogens is 2. The smallest absolute Gasteiger partial charge is 0.258 e. The van der Waals surface area contributed by atoms with E-state index in [4.69, 9.17) is 4.74 Å². The number of hydrogen-bond acceptors (Lipinski definition) is 3. The van der Waals surface area contributed by atoms with Gasteiger partial charge in [0.1, 0.15) is 11.6 Å². The molecule has 0 aliphatic heterocycles. The van der Waals surface area contributed by atoms with Crippen molar-refractivity contribution in [3.8, 4) is 5.75 Å². The number of aryl methyl sites for hydroxylation is 1. The molecule has 18 heavy (non-hydrogen) atoms. The van der Waals surface area contributed by atoms with Gasteiger partial charge >= 0.3 is 0 Å². The molecule has 0 aliphatic carbocycles. The quantitative estimate of drug-likeness (QED) is 0.947. The molecule has 0 bridgehead atoms. The van der Waals surface area contributed by atoms with E-state index in [1.54, 1.807) is 49.3 Å². The summed E-state index contributed by atoms with van der Waals surface area (Å²) in [6, 6.07) is 6.96. The second kappa shape index (κ2) is 5.22. The molecule has 0 atom stereocenters. The van der Waals surface area contributed by atoms with Crippen molar-refractivity contribution in [2.24, 2.45) is 7.05 Å². The van der Waals surface area contributed by atoms with Crippen LogP contribution < -0.4 is 10.1 Å². The summed E-state index contributed by atoms with van der Waals surface area (Å²) in [6.45, 7) is 0. The van der Waals surface area contributed by atoms with Crippen molar-refractivity contribution in [2.75, 3.05) is 12.4 Å². The highest BCUT2D eigenvalue weighted by Gasteiger charge is 2.12. The molecule has 6 heteroatoms. The maximum atomic E-state index is 12.1. The van der Waals surface area contributed by atoms with Crippen LogP contribution in [0.4, 0.5) is 5.82 Å². The molecular formula is C12H12BrN3O2. The van der Waals surface area contributed by atoms with Crippen LogP contribution in [-0.4, -0.2) is 22.8 Å². The van der Waals surface area contributed by atoms with Gasteiger partial charge in [0, 0.05) is 17.6 Å². The molecule has 1 aromatic heterocycles. The summed E-state index contributed by atoms with van der Waals surface area (Å²) in [5.74, 6) is 1.05. The molecule has 5 nitrogen and oxygen atoms in total. The first-order valence-corrected chi connectivity index (χ1v) is 6.04. The number of amides is 1. The Morgan fingerprint density at radius 1 is 1.44 bits per heavy atom. The lowest BCUT2D eigenvalue weighted by Gasteiger charge is -2.08. The highest BCUT2D eigenvalue weighted by molar-refractivity contribution is 9.10. The van der Waals surface area contributed by atoms with Crippen LogP contribution in [0.25, 0.3) is 0 Å². The fraction of sp³-hybridized carbons (Fsp3) is 0.167. The number of ether oxygens (including phenoxy) is 1. The van der Waals surface area contributed by atoms with Crippen molar-refractivity contribution in [3.63, 3.8) is 0 Å². The van der Waals surface area contributed by atoms with E-state index in [2.05, 4.69) is 26.3 Å². The van der Waals surface area contributed by atoms with E-state index in [1.165, 1.54) is 0 Å². The molecule has 1 N–H and O–H groups in total. The lowest BCUT2D eigenvalue weighted by atomic mass is 10.2. The molecule has 0 radical (unpaired) electrons. The van der Waals surface area contributed by atoms with Crippen molar-refractivity contribution in [2.45, 2.75) is 0 Å². The van der Waals surface area contributed by atoms with Crippen molar-refractivity contribution in [1.82, 2.24) is 9.78 Å². The number of carbonyl (C=O) groups is 1. The Kier molecular flexibility index (Phi) is 3.66. The number of nitrogens with one attached hydrogen (secondary N) is 1. The largest absolute Gasteiger partial charge is 0.497 e. The van der Waals surface area contributed by atoms with Gasteiger partial charge in [-0.05, 0) is 34.1 Å². The third-order valence-corrected chi connectivity index (χ3v) is 3.17. The Balaban J connectivity index is 2.26. The van der Waals surface area contributed by atoms with Crippen LogP contribution in [0.3, 0.4) is 0 Å². The average molecular weight is 310 g/mol. The van der Waals surface area contributed by atoms with Gasteiger partial charge in [-0.1, -0.05) is 0 Å². The standard InChI is InChI=1S/C12H12BrN3O2/c1-16-11(5-6-14-16)15-12(17)9-7-8(18-2)3-4-10(9)13/h3-7H,1-2H3,(H,15,17). The van der Waals surface area contributed by atoms with Crippen molar-refractivity contribution < 1.29 is 9.53 Å². The Morgan fingerprint density at radius 2 is 2.22 bits per heavy atom. The summed E-state index contributed by atoms with van der Waals surface area (Å²) < 4.78 is 7.40. The van der Waals surface area contributed by atoms with Crippen molar-refractivity contribution in [3.05, 3.63) is 40.5 Å². The van der Waals surface area contributed by atoms with E-state index in [-0.39, 0.29) is 5.91 Å².